The van der Waals surface area contributed by atoms with Crippen LogP contribution in [0.4, 0.5) is 10.5 Å². The molecule has 10 rings (SSSR count). The second-order valence-electron chi connectivity index (χ2n) is 18.2. The smallest absolute Gasteiger partial charge is 0.321 e. The predicted octanol–water partition coefficient (Wildman–Crippen LogP) is 9.71. The first-order valence-corrected chi connectivity index (χ1v) is 20.4. The highest BCUT2D eigenvalue weighted by atomic mass is 16.3. The summed E-state index contributed by atoms with van der Waals surface area (Å²) in [6.45, 7) is 5.30. The van der Waals surface area contributed by atoms with Crippen LogP contribution in [0.1, 0.15) is 124 Å². The maximum atomic E-state index is 14.5. The summed E-state index contributed by atoms with van der Waals surface area (Å²) in [6.07, 6.45) is 14.1. The fraction of sp³-hybridized carbons (Fsp3) is 0.532. The maximum Gasteiger partial charge on any atom is 0.321 e. The van der Waals surface area contributed by atoms with Gasteiger partial charge in [0.1, 0.15) is 0 Å². The van der Waals surface area contributed by atoms with Crippen molar-refractivity contribution in [3.05, 3.63) is 113 Å². The molecule has 0 spiro atoms. The Morgan fingerprint density at radius 3 is 2.19 bits per heavy atom. The van der Waals surface area contributed by atoms with Crippen LogP contribution in [0.25, 0.3) is 0 Å². The largest absolute Gasteiger partial charge is 0.393 e. The molecular formula is C47H58N2O4. The van der Waals surface area contributed by atoms with Crippen molar-refractivity contribution in [1.29, 1.82) is 0 Å². The first-order chi connectivity index (χ1) is 25.5. The highest BCUT2D eigenvalue weighted by Crippen LogP contribution is 2.62. The molecule has 0 heterocycles. The van der Waals surface area contributed by atoms with Crippen LogP contribution in [-0.4, -0.2) is 51.7 Å². The Balaban J connectivity index is 1.18. The molecular weight excluding hydrogens is 657 g/mol. The number of amides is 2. The minimum atomic E-state index is -1.17. The number of nitrogens with zero attached hydrogens (tertiary/aromatic N) is 1. The summed E-state index contributed by atoms with van der Waals surface area (Å²) in [5.41, 5.74) is 3.56. The van der Waals surface area contributed by atoms with Crippen LogP contribution in [0.2, 0.25) is 0 Å². The molecule has 0 radical (unpaired) electrons. The molecule has 53 heavy (non-hydrogen) atoms. The Bertz CT molecular complexity index is 1800. The molecule has 0 aliphatic heterocycles. The molecule has 0 saturated heterocycles. The van der Waals surface area contributed by atoms with E-state index in [1.165, 1.54) is 44.1 Å². The van der Waals surface area contributed by atoms with Crippen LogP contribution in [0, 0.1) is 28.6 Å². The van der Waals surface area contributed by atoms with Crippen molar-refractivity contribution < 1.29 is 19.8 Å². The number of ketones is 1. The van der Waals surface area contributed by atoms with E-state index >= 15 is 0 Å². The number of aliphatic hydroxyl groups is 2. The van der Waals surface area contributed by atoms with Crippen LogP contribution in [0.15, 0.2) is 90.5 Å². The highest BCUT2D eigenvalue weighted by molar-refractivity contribution is 6.10. The summed E-state index contributed by atoms with van der Waals surface area (Å²) in [5, 5.41) is 27.5. The zero-order chi connectivity index (χ0) is 36.8. The average Bonchev–Trinajstić information content (AvgIpc) is 3.38. The number of nitrogens with one attached hydrogen (secondary N) is 1. The zero-order valence-electron chi connectivity index (χ0n) is 31.7. The number of rotatable bonds is 7. The zero-order valence-corrected chi connectivity index (χ0v) is 31.7. The van der Waals surface area contributed by atoms with Gasteiger partial charge in [0.2, 0.25) is 0 Å². The van der Waals surface area contributed by atoms with E-state index in [0.29, 0.717) is 36.9 Å². The fourth-order valence-corrected chi connectivity index (χ4v) is 12.1. The fourth-order valence-electron chi connectivity index (χ4n) is 12.1. The summed E-state index contributed by atoms with van der Waals surface area (Å²) in [6, 6.07) is 25.3. The lowest BCUT2D eigenvalue weighted by Crippen LogP contribution is -2.58. The monoisotopic (exact) mass is 714 g/mol. The number of para-hydroxylation sites is 1. The van der Waals surface area contributed by atoms with Crippen LogP contribution >= 0.6 is 0 Å². The summed E-state index contributed by atoms with van der Waals surface area (Å²) in [7, 11) is 0. The summed E-state index contributed by atoms with van der Waals surface area (Å²) in [5.74, 6) is 2.16. The number of carbonyl (C=O) groups is 2. The lowest BCUT2D eigenvalue weighted by Gasteiger charge is -2.58. The topological polar surface area (TPSA) is 89.9 Å². The number of benzene rings is 3. The molecule has 6 nitrogen and oxygen atoms in total. The third kappa shape index (κ3) is 7.26. The normalized spacial score (nSPS) is 33.5. The second-order valence-corrected chi connectivity index (χ2v) is 18.2. The molecule has 280 valence electrons. The number of allylic oxidation sites excluding steroid dienone is 2. The lowest BCUT2D eigenvalue weighted by atomic mass is 9.49. The molecule has 3 aromatic rings. The summed E-state index contributed by atoms with van der Waals surface area (Å²) < 4.78 is 0. The molecule has 6 bridgehead atoms. The molecule has 5 saturated carbocycles. The SMILES string of the molecule is CC1=CCC[C@@]2(C)[C@@H](CC[C@@]2(O)CN(CC23CC4CC(CC(C4)C2)C3)C(=O)Nc2ccccc2)c2ccc(cc2C(=O)c2ccccc2)C[C@@H](O)CC1. The van der Waals surface area contributed by atoms with Gasteiger partial charge in [0.15, 0.2) is 5.78 Å². The molecule has 0 unspecified atom stereocenters. The number of fused-ring (bicyclic) bond motifs is 8. The van der Waals surface area contributed by atoms with Crippen molar-refractivity contribution >= 4 is 17.5 Å². The van der Waals surface area contributed by atoms with Gasteiger partial charge in [-0.15, -0.1) is 0 Å². The molecule has 7 aliphatic carbocycles. The van der Waals surface area contributed by atoms with Crippen molar-refractivity contribution in [2.24, 2.45) is 28.6 Å². The van der Waals surface area contributed by atoms with Gasteiger partial charge in [0, 0.05) is 28.8 Å². The minimum absolute atomic E-state index is 0.0248. The molecule has 3 N–H and O–H groups in total. The lowest BCUT2D eigenvalue weighted by molar-refractivity contribution is -0.0975. The van der Waals surface area contributed by atoms with Gasteiger partial charge in [0.05, 0.1) is 18.2 Å². The molecule has 3 aromatic carbocycles. The van der Waals surface area contributed by atoms with Crippen molar-refractivity contribution in [3.8, 4) is 0 Å². The maximum absolute atomic E-state index is 14.5. The third-order valence-electron chi connectivity index (χ3n) is 14.4. The summed E-state index contributed by atoms with van der Waals surface area (Å²) >= 11 is 0. The number of carbonyl (C=O) groups excluding carboxylic acids is 2. The van der Waals surface area contributed by atoms with E-state index in [4.69, 9.17) is 0 Å². The van der Waals surface area contributed by atoms with Gasteiger partial charge in [-0.2, -0.15) is 0 Å². The first kappa shape index (κ1) is 36.2. The Morgan fingerprint density at radius 1 is 0.849 bits per heavy atom. The van der Waals surface area contributed by atoms with E-state index in [0.717, 1.165) is 60.3 Å². The van der Waals surface area contributed by atoms with Crippen molar-refractivity contribution in [1.82, 2.24) is 4.90 Å². The third-order valence-corrected chi connectivity index (χ3v) is 14.4. The number of anilines is 1. The van der Waals surface area contributed by atoms with Crippen LogP contribution in [0.5, 0.6) is 0 Å². The Morgan fingerprint density at radius 2 is 1.51 bits per heavy atom. The van der Waals surface area contributed by atoms with Crippen molar-refractivity contribution in [2.75, 3.05) is 18.4 Å². The van der Waals surface area contributed by atoms with Gasteiger partial charge >= 0.3 is 6.03 Å². The van der Waals surface area contributed by atoms with Crippen molar-refractivity contribution in [3.63, 3.8) is 0 Å². The number of hydrogen-bond acceptors (Lipinski definition) is 4. The highest BCUT2D eigenvalue weighted by Gasteiger charge is 2.59. The molecule has 5 fully saturated rings. The molecule has 7 aliphatic rings. The summed E-state index contributed by atoms with van der Waals surface area (Å²) in [4.78, 5) is 30.9. The van der Waals surface area contributed by atoms with Gasteiger partial charge in [-0.05, 0) is 149 Å². The van der Waals surface area contributed by atoms with E-state index in [9.17, 15) is 19.8 Å². The Labute approximate surface area is 316 Å². The van der Waals surface area contributed by atoms with Gasteiger partial charge < -0.3 is 20.4 Å². The van der Waals surface area contributed by atoms with Crippen molar-refractivity contribution in [2.45, 2.75) is 115 Å². The van der Waals surface area contributed by atoms with E-state index in [1.54, 1.807) is 0 Å². The Kier molecular flexibility index (Phi) is 9.91. The standard InChI is InChI=1S/C47H58N2O4/c1-32-10-9-20-45(2)42(40-18-16-33(25-39(50)17-15-32)26-41(40)43(51)37-11-5-3-6-12-37)19-21-47(45,53)31-49(44(52)48-38-13-7-4-8-14-38)30-46-27-34-22-35(28-46)24-36(23-34)29-46/h3-8,10-14,16,18,26,34-36,39,42,50,53H,9,15,17,19-25,27-31H2,1-2H3,(H,48,52)/t34?,35?,36?,39-,42-,45-,46?,47+/m0/s1. The van der Waals surface area contributed by atoms with Crippen LogP contribution in [-0.2, 0) is 6.42 Å². The van der Waals surface area contributed by atoms with E-state index < -0.39 is 17.1 Å². The quantitative estimate of drug-likeness (QED) is 0.168. The number of hydrogen-bond donors (Lipinski definition) is 3. The van der Waals surface area contributed by atoms with Gasteiger partial charge in [-0.3, -0.25) is 4.79 Å². The Hall–Kier alpha value is -3.74. The van der Waals surface area contributed by atoms with Gasteiger partial charge in [-0.1, -0.05) is 79.2 Å². The molecule has 2 amide bonds. The number of aliphatic hydroxyl groups excluding tert-OH is 1. The van der Waals surface area contributed by atoms with E-state index in [1.807, 2.05) is 71.6 Å². The van der Waals surface area contributed by atoms with E-state index in [2.05, 4.69) is 37.4 Å². The van der Waals surface area contributed by atoms with Gasteiger partial charge in [-0.25, -0.2) is 4.79 Å². The van der Waals surface area contributed by atoms with Crippen LogP contribution in [0.3, 0.4) is 0 Å². The van der Waals surface area contributed by atoms with Crippen LogP contribution < -0.4 is 5.32 Å². The minimum Gasteiger partial charge on any atom is -0.393 e. The average molecular weight is 715 g/mol. The second kappa shape index (κ2) is 14.5. The first-order valence-electron chi connectivity index (χ1n) is 20.4. The molecule has 4 atom stereocenters. The predicted molar refractivity (Wildman–Crippen MR) is 211 cm³/mol. The molecule has 6 heteroatoms. The number of urea groups is 1. The van der Waals surface area contributed by atoms with E-state index in [-0.39, 0.29) is 29.7 Å². The molecule has 0 aromatic heterocycles. The van der Waals surface area contributed by atoms with Gasteiger partial charge in [0.25, 0.3) is 0 Å².